The zero-order valence-electron chi connectivity index (χ0n) is 21.5. The second-order valence-electron chi connectivity index (χ2n) is 8.85. The van der Waals surface area contributed by atoms with Crippen LogP contribution in [0.25, 0.3) is 6.08 Å². The predicted molar refractivity (Wildman–Crippen MR) is 153 cm³/mol. The van der Waals surface area contributed by atoms with Gasteiger partial charge in [-0.25, -0.2) is 0 Å². The normalized spacial score (nSPS) is 14.2. The van der Waals surface area contributed by atoms with Gasteiger partial charge in [-0.1, -0.05) is 51.8 Å². The number of aryl methyl sites for hydroxylation is 1. The quantitative estimate of drug-likeness (QED) is 0.294. The minimum Gasteiger partial charge on any atom is -0.493 e. The maximum atomic E-state index is 12.9. The van der Waals surface area contributed by atoms with Gasteiger partial charge in [-0.2, -0.15) is 0 Å². The third-order valence-corrected chi connectivity index (χ3v) is 7.90. The fourth-order valence-electron chi connectivity index (χ4n) is 3.93. The highest BCUT2D eigenvalue weighted by molar-refractivity contribution is 9.10. The number of halogens is 1. The van der Waals surface area contributed by atoms with Crippen LogP contribution in [0.2, 0.25) is 0 Å². The van der Waals surface area contributed by atoms with Gasteiger partial charge >= 0.3 is 0 Å². The Bertz CT molecular complexity index is 1450. The number of nitrogens with zero attached hydrogens (tertiary/aromatic N) is 1. The molecule has 0 bridgehead atoms. The maximum absolute atomic E-state index is 12.9. The number of anilines is 1. The summed E-state index contributed by atoms with van der Waals surface area (Å²) in [5, 5.41) is 2.56. The third kappa shape index (κ3) is 6.28. The molecule has 1 aliphatic rings. The van der Waals surface area contributed by atoms with Crippen LogP contribution in [-0.4, -0.2) is 35.7 Å². The maximum Gasteiger partial charge on any atom is 0.293 e. The van der Waals surface area contributed by atoms with Crippen LogP contribution in [0, 0.1) is 20.8 Å². The fraction of sp³-hybridized carbons (Fsp3) is 0.207. The number of thioether (sulfide) groups is 1. The van der Waals surface area contributed by atoms with Crippen molar-refractivity contribution >= 4 is 56.5 Å². The highest BCUT2D eigenvalue weighted by Crippen LogP contribution is 2.35. The third-order valence-electron chi connectivity index (χ3n) is 6.14. The Morgan fingerprint density at radius 2 is 1.82 bits per heavy atom. The Morgan fingerprint density at radius 1 is 1.03 bits per heavy atom. The van der Waals surface area contributed by atoms with Gasteiger partial charge in [-0.05, 0) is 85.1 Å². The lowest BCUT2D eigenvalue weighted by Crippen LogP contribution is -2.27. The van der Waals surface area contributed by atoms with Gasteiger partial charge in [0.1, 0.15) is 0 Å². The number of nitrogens with one attached hydrogen (secondary N) is 1. The van der Waals surface area contributed by atoms with Crippen molar-refractivity contribution in [2.75, 3.05) is 19.0 Å². The van der Waals surface area contributed by atoms with Crippen LogP contribution < -0.4 is 14.8 Å². The molecular formula is C29H27BrN2O5S. The average Bonchev–Trinajstić information content (AvgIpc) is 3.15. The van der Waals surface area contributed by atoms with Gasteiger partial charge in [0.15, 0.2) is 18.1 Å². The van der Waals surface area contributed by atoms with Crippen LogP contribution in [0.4, 0.5) is 10.5 Å². The molecule has 9 heteroatoms. The summed E-state index contributed by atoms with van der Waals surface area (Å²) in [7, 11) is 1.50. The first kappa shape index (κ1) is 27.5. The second-order valence-corrected chi connectivity index (χ2v) is 10.7. The van der Waals surface area contributed by atoms with E-state index in [1.807, 2.05) is 57.2 Å². The highest BCUT2D eigenvalue weighted by atomic mass is 79.9. The van der Waals surface area contributed by atoms with Crippen LogP contribution in [0.3, 0.4) is 0 Å². The van der Waals surface area contributed by atoms with Crippen molar-refractivity contribution in [2.45, 2.75) is 27.3 Å². The van der Waals surface area contributed by atoms with E-state index in [0.29, 0.717) is 22.0 Å². The molecule has 0 spiro atoms. The lowest BCUT2D eigenvalue weighted by Gasteiger charge is -2.14. The zero-order chi connectivity index (χ0) is 27.4. The van der Waals surface area contributed by atoms with Gasteiger partial charge in [-0.3, -0.25) is 19.3 Å². The predicted octanol–water partition coefficient (Wildman–Crippen LogP) is 6.64. The molecule has 3 amide bonds. The van der Waals surface area contributed by atoms with Crippen molar-refractivity contribution < 1.29 is 23.9 Å². The number of carbonyl (C=O) groups is 3. The Morgan fingerprint density at radius 3 is 2.55 bits per heavy atom. The summed E-state index contributed by atoms with van der Waals surface area (Å²) in [5.74, 6) is 0.149. The molecular weight excluding hydrogens is 568 g/mol. The molecule has 1 fully saturated rings. The fourth-order valence-corrected chi connectivity index (χ4v) is 5.19. The zero-order valence-corrected chi connectivity index (χ0v) is 23.9. The van der Waals surface area contributed by atoms with Gasteiger partial charge in [0.25, 0.3) is 17.1 Å². The topological polar surface area (TPSA) is 84.9 Å². The van der Waals surface area contributed by atoms with Crippen molar-refractivity contribution in [3.05, 3.63) is 91.8 Å². The van der Waals surface area contributed by atoms with Crippen LogP contribution >= 0.6 is 27.7 Å². The van der Waals surface area contributed by atoms with Crippen molar-refractivity contribution in [1.82, 2.24) is 4.90 Å². The smallest absolute Gasteiger partial charge is 0.293 e. The molecule has 3 aromatic rings. The van der Waals surface area contributed by atoms with E-state index in [4.69, 9.17) is 9.47 Å². The first-order valence-electron chi connectivity index (χ1n) is 11.8. The van der Waals surface area contributed by atoms with Gasteiger partial charge in [-0.15, -0.1) is 0 Å². The highest BCUT2D eigenvalue weighted by Gasteiger charge is 2.35. The molecule has 4 rings (SSSR count). The van der Waals surface area contributed by atoms with Crippen molar-refractivity contribution in [3.63, 3.8) is 0 Å². The van der Waals surface area contributed by atoms with E-state index < -0.39 is 0 Å². The minimum absolute atomic E-state index is 0.206. The molecule has 3 aromatic carbocycles. The largest absolute Gasteiger partial charge is 0.493 e. The molecule has 0 saturated carbocycles. The van der Waals surface area contributed by atoms with E-state index in [0.717, 1.165) is 44.2 Å². The summed E-state index contributed by atoms with van der Waals surface area (Å²) in [6, 6.07) is 16.6. The SMILES string of the molecule is COc1cc(/C=C2/SC(=O)N(Cc3cccc(C)c3)C2=O)ccc1OCC(=O)Nc1ccc(Br)c(C)c1C. The van der Waals surface area contributed by atoms with Gasteiger partial charge in [0.2, 0.25) is 0 Å². The van der Waals surface area contributed by atoms with Gasteiger partial charge < -0.3 is 14.8 Å². The van der Waals surface area contributed by atoms with Gasteiger partial charge in [0, 0.05) is 10.2 Å². The lowest BCUT2D eigenvalue weighted by atomic mass is 10.1. The molecule has 196 valence electrons. The molecule has 38 heavy (non-hydrogen) atoms. The van der Waals surface area contributed by atoms with E-state index in [2.05, 4.69) is 21.2 Å². The summed E-state index contributed by atoms with van der Waals surface area (Å²) in [6.07, 6.45) is 1.65. The van der Waals surface area contributed by atoms with Crippen LogP contribution in [0.15, 0.2) is 64.0 Å². The molecule has 1 heterocycles. The van der Waals surface area contributed by atoms with Gasteiger partial charge in [0.05, 0.1) is 18.6 Å². The van der Waals surface area contributed by atoms with Crippen LogP contribution in [0.5, 0.6) is 11.5 Å². The average molecular weight is 596 g/mol. The first-order chi connectivity index (χ1) is 18.2. The molecule has 0 radical (unpaired) electrons. The standard InChI is InChI=1S/C29H27BrN2O5S/c1-17-6-5-7-21(12-17)15-32-28(34)26(38-29(32)35)14-20-8-11-24(25(13-20)36-4)37-16-27(33)31-23-10-9-22(30)18(2)19(23)3/h5-14H,15-16H2,1-4H3,(H,31,33)/b26-14+. The summed E-state index contributed by atoms with van der Waals surface area (Å²) in [6.45, 7) is 5.90. The van der Waals surface area contributed by atoms with Crippen LogP contribution in [0.1, 0.15) is 27.8 Å². The van der Waals surface area contributed by atoms with Crippen molar-refractivity contribution in [3.8, 4) is 11.5 Å². The Balaban J connectivity index is 1.42. The summed E-state index contributed by atoms with van der Waals surface area (Å²) in [5.41, 5.74) is 5.37. The second kappa shape index (κ2) is 11.9. The van der Waals surface area contributed by atoms with Crippen molar-refractivity contribution in [1.29, 1.82) is 0 Å². The van der Waals surface area contributed by atoms with Crippen molar-refractivity contribution in [2.24, 2.45) is 0 Å². The number of hydrogen-bond acceptors (Lipinski definition) is 6. The monoisotopic (exact) mass is 594 g/mol. The number of methoxy groups -OCH3 is 1. The van der Waals surface area contributed by atoms with E-state index >= 15 is 0 Å². The number of amides is 3. The van der Waals surface area contributed by atoms with E-state index in [1.54, 1.807) is 24.3 Å². The molecule has 1 aliphatic heterocycles. The lowest BCUT2D eigenvalue weighted by molar-refractivity contribution is -0.123. The van der Waals surface area contributed by atoms with E-state index in [9.17, 15) is 14.4 Å². The first-order valence-corrected chi connectivity index (χ1v) is 13.4. The van der Waals surface area contributed by atoms with E-state index in [1.165, 1.54) is 12.0 Å². The number of hydrogen-bond donors (Lipinski definition) is 1. The number of rotatable bonds is 8. The summed E-state index contributed by atoms with van der Waals surface area (Å²) in [4.78, 5) is 39.5. The Kier molecular flexibility index (Phi) is 8.58. The number of benzene rings is 3. The van der Waals surface area contributed by atoms with E-state index in [-0.39, 0.29) is 30.2 Å². The molecule has 0 aromatic heterocycles. The number of carbonyl (C=O) groups excluding carboxylic acids is 3. The summed E-state index contributed by atoms with van der Waals surface area (Å²) < 4.78 is 12.1. The number of ether oxygens (including phenoxy) is 2. The molecule has 0 unspecified atom stereocenters. The Labute approximate surface area is 234 Å². The minimum atomic E-state index is -0.337. The Hall–Kier alpha value is -3.56. The molecule has 0 aliphatic carbocycles. The molecule has 1 saturated heterocycles. The molecule has 1 N–H and O–H groups in total. The molecule has 7 nitrogen and oxygen atoms in total. The number of imide groups is 1. The molecule has 0 atom stereocenters. The van der Waals surface area contributed by atoms with Crippen LogP contribution in [-0.2, 0) is 16.1 Å². The summed E-state index contributed by atoms with van der Waals surface area (Å²) >= 11 is 4.39.